The maximum Gasteiger partial charge on any atom is 0.241 e. The van der Waals surface area contributed by atoms with Gasteiger partial charge in [0.1, 0.15) is 0 Å². The van der Waals surface area contributed by atoms with Crippen LogP contribution in [0.2, 0.25) is 0 Å². The van der Waals surface area contributed by atoms with E-state index >= 15 is 0 Å². The molecule has 0 aliphatic carbocycles. The molecule has 0 aliphatic rings. The van der Waals surface area contributed by atoms with E-state index in [2.05, 4.69) is 9.71 Å². The quantitative estimate of drug-likeness (QED) is 0.832. The summed E-state index contributed by atoms with van der Waals surface area (Å²) in [5.74, 6) is 0. The first-order chi connectivity index (χ1) is 10.2. The molecule has 1 aromatic carbocycles. The summed E-state index contributed by atoms with van der Waals surface area (Å²) < 4.78 is 49.3. The molecule has 0 aliphatic heterocycles. The van der Waals surface area contributed by atoms with E-state index < -0.39 is 26.1 Å². The Balaban J connectivity index is 2.24. The van der Waals surface area contributed by atoms with Gasteiger partial charge in [-0.05, 0) is 43.3 Å². The highest BCUT2D eigenvalue weighted by atomic mass is 32.2. The van der Waals surface area contributed by atoms with Crippen molar-refractivity contribution in [3.8, 4) is 0 Å². The highest BCUT2D eigenvalue weighted by molar-refractivity contribution is 7.89. The maximum absolute atomic E-state index is 12.3. The zero-order chi connectivity index (χ0) is 16.4. The van der Waals surface area contributed by atoms with Gasteiger partial charge in [0.25, 0.3) is 0 Å². The Labute approximate surface area is 129 Å². The van der Waals surface area contributed by atoms with Crippen molar-refractivity contribution in [1.29, 1.82) is 0 Å². The lowest BCUT2D eigenvalue weighted by atomic mass is 10.2. The molecule has 1 unspecified atom stereocenters. The summed E-state index contributed by atoms with van der Waals surface area (Å²) in [6, 6.07) is 9.34. The van der Waals surface area contributed by atoms with Gasteiger partial charge < -0.3 is 0 Å². The summed E-state index contributed by atoms with van der Waals surface area (Å²) in [7, 11) is -7.65. The number of hydrogen-bond acceptors (Lipinski definition) is 5. The van der Waals surface area contributed by atoms with Gasteiger partial charge in [-0.25, -0.2) is 26.7 Å². The van der Waals surface area contributed by atoms with E-state index in [0.29, 0.717) is 5.69 Å². The van der Waals surface area contributed by atoms with Crippen LogP contribution in [0.1, 0.15) is 18.7 Å². The first kappa shape index (κ1) is 16.6. The van der Waals surface area contributed by atoms with Crippen molar-refractivity contribution in [3.63, 3.8) is 0 Å². The number of benzene rings is 1. The van der Waals surface area contributed by atoms with Crippen LogP contribution in [0.3, 0.4) is 0 Å². The fourth-order valence-corrected chi connectivity index (χ4v) is 3.53. The number of hydrogen-bond donors (Lipinski definition) is 2. The van der Waals surface area contributed by atoms with Crippen LogP contribution in [0.15, 0.2) is 58.5 Å². The Morgan fingerprint density at radius 3 is 2.09 bits per heavy atom. The van der Waals surface area contributed by atoms with Gasteiger partial charge in [-0.3, -0.25) is 4.98 Å². The third-order valence-electron chi connectivity index (χ3n) is 2.93. The number of aromatic nitrogens is 1. The van der Waals surface area contributed by atoms with Crippen molar-refractivity contribution in [3.05, 3.63) is 54.4 Å². The number of nitrogens with one attached hydrogen (secondary N) is 1. The molecule has 0 spiro atoms. The Hall–Kier alpha value is -1.81. The molecule has 2 aromatic rings. The fourth-order valence-electron chi connectivity index (χ4n) is 1.80. The molecule has 0 radical (unpaired) electrons. The minimum Gasteiger partial charge on any atom is -0.260 e. The molecule has 0 bridgehead atoms. The van der Waals surface area contributed by atoms with Crippen LogP contribution in [0.25, 0.3) is 0 Å². The third-order valence-corrected chi connectivity index (χ3v) is 5.41. The third kappa shape index (κ3) is 3.89. The lowest BCUT2D eigenvalue weighted by Gasteiger charge is -2.13. The van der Waals surface area contributed by atoms with Crippen molar-refractivity contribution in [2.75, 3.05) is 0 Å². The van der Waals surface area contributed by atoms with Crippen LogP contribution in [-0.4, -0.2) is 21.8 Å². The van der Waals surface area contributed by atoms with E-state index in [1.807, 2.05) is 0 Å². The van der Waals surface area contributed by atoms with E-state index in [-0.39, 0.29) is 9.79 Å². The van der Waals surface area contributed by atoms with Crippen molar-refractivity contribution < 1.29 is 16.8 Å². The predicted octanol–water partition coefficient (Wildman–Crippen LogP) is 0.768. The number of nitrogens with zero attached hydrogens (tertiary/aromatic N) is 1. The SMILES string of the molecule is CC(NS(=O)(=O)c1ccc(S(N)(=O)=O)cc1)c1ccccn1. The molecule has 0 saturated heterocycles. The molecule has 0 fully saturated rings. The molecule has 0 amide bonds. The summed E-state index contributed by atoms with van der Waals surface area (Å²) in [6.07, 6.45) is 1.57. The van der Waals surface area contributed by atoms with Crippen molar-refractivity contribution >= 4 is 20.0 Å². The van der Waals surface area contributed by atoms with E-state index in [4.69, 9.17) is 5.14 Å². The van der Waals surface area contributed by atoms with Crippen LogP contribution in [-0.2, 0) is 20.0 Å². The summed E-state index contributed by atoms with van der Waals surface area (Å²) in [4.78, 5) is 3.88. The average Bonchev–Trinajstić information content (AvgIpc) is 2.47. The van der Waals surface area contributed by atoms with E-state index in [0.717, 1.165) is 12.1 Å². The van der Waals surface area contributed by atoms with E-state index in [1.165, 1.54) is 12.1 Å². The molecule has 22 heavy (non-hydrogen) atoms. The van der Waals surface area contributed by atoms with Gasteiger partial charge in [-0.15, -0.1) is 0 Å². The Kier molecular flexibility index (Phi) is 4.61. The van der Waals surface area contributed by atoms with Crippen molar-refractivity contribution in [2.45, 2.75) is 22.8 Å². The molecule has 2 rings (SSSR count). The molecular weight excluding hydrogens is 326 g/mol. The lowest BCUT2D eigenvalue weighted by Crippen LogP contribution is -2.27. The van der Waals surface area contributed by atoms with Gasteiger partial charge in [-0.2, -0.15) is 0 Å². The number of pyridine rings is 1. The van der Waals surface area contributed by atoms with Gasteiger partial charge >= 0.3 is 0 Å². The minimum absolute atomic E-state index is 0.0531. The van der Waals surface area contributed by atoms with Gasteiger partial charge in [0.15, 0.2) is 0 Å². The van der Waals surface area contributed by atoms with Gasteiger partial charge in [0.05, 0.1) is 21.5 Å². The molecule has 1 atom stereocenters. The maximum atomic E-state index is 12.3. The van der Waals surface area contributed by atoms with E-state index in [9.17, 15) is 16.8 Å². The highest BCUT2D eigenvalue weighted by Crippen LogP contribution is 2.17. The average molecular weight is 341 g/mol. The molecular formula is C13H15N3O4S2. The van der Waals surface area contributed by atoms with Crippen LogP contribution in [0.5, 0.6) is 0 Å². The second-order valence-corrected chi connectivity index (χ2v) is 7.89. The highest BCUT2D eigenvalue weighted by Gasteiger charge is 2.19. The largest absolute Gasteiger partial charge is 0.260 e. The smallest absolute Gasteiger partial charge is 0.241 e. The molecule has 118 valence electrons. The Bertz CT molecular complexity index is 848. The molecule has 0 saturated carbocycles. The fraction of sp³-hybridized carbons (Fsp3) is 0.154. The Morgan fingerprint density at radius 1 is 1.00 bits per heavy atom. The van der Waals surface area contributed by atoms with Gasteiger partial charge in [-0.1, -0.05) is 6.07 Å². The molecule has 1 heterocycles. The van der Waals surface area contributed by atoms with Crippen LogP contribution in [0.4, 0.5) is 0 Å². The number of rotatable bonds is 5. The number of primary sulfonamides is 1. The zero-order valence-corrected chi connectivity index (χ0v) is 13.3. The van der Waals surface area contributed by atoms with Crippen LogP contribution < -0.4 is 9.86 Å². The monoisotopic (exact) mass is 341 g/mol. The van der Waals surface area contributed by atoms with Crippen molar-refractivity contribution in [1.82, 2.24) is 9.71 Å². The van der Waals surface area contributed by atoms with Crippen molar-refractivity contribution in [2.24, 2.45) is 5.14 Å². The zero-order valence-electron chi connectivity index (χ0n) is 11.7. The van der Waals surface area contributed by atoms with E-state index in [1.54, 1.807) is 31.3 Å². The summed E-state index contributed by atoms with van der Waals surface area (Å²) >= 11 is 0. The second kappa shape index (κ2) is 6.13. The minimum atomic E-state index is -3.86. The summed E-state index contributed by atoms with van der Waals surface area (Å²) in [6.45, 7) is 1.67. The predicted molar refractivity (Wildman–Crippen MR) is 80.8 cm³/mol. The summed E-state index contributed by atoms with van der Waals surface area (Å²) in [5, 5.41) is 4.97. The molecule has 7 nitrogen and oxygen atoms in total. The number of nitrogens with two attached hydrogens (primary N) is 1. The topological polar surface area (TPSA) is 119 Å². The number of sulfonamides is 2. The molecule has 1 aromatic heterocycles. The Morgan fingerprint density at radius 2 is 1.59 bits per heavy atom. The lowest BCUT2D eigenvalue weighted by molar-refractivity contribution is 0.563. The van der Waals surface area contributed by atoms with Crippen LogP contribution in [0, 0.1) is 0 Å². The standard InChI is InChI=1S/C13H15N3O4S2/c1-10(13-4-2-3-9-15-13)16-22(19,20)12-7-5-11(6-8-12)21(14,17)18/h2-10,16H,1H3,(H2,14,17,18). The molecule has 3 N–H and O–H groups in total. The van der Waals surface area contributed by atoms with Gasteiger partial charge in [0, 0.05) is 6.20 Å². The first-order valence-corrected chi connectivity index (χ1v) is 9.29. The van der Waals surface area contributed by atoms with Gasteiger partial charge in [0.2, 0.25) is 20.0 Å². The van der Waals surface area contributed by atoms with Crippen LogP contribution >= 0.6 is 0 Å². The first-order valence-electron chi connectivity index (χ1n) is 6.26. The normalized spacial score (nSPS) is 13.7. The second-order valence-electron chi connectivity index (χ2n) is 4.61. The molecule has 9 heteroatoms. The summed E-state index contributed by atoms with van der Waals surface area (Å²) in [5.41, 5.74) is 0.576.